The molecule has 0 radical (unpaired) electrons. The first-order valence-corrected chi connectivity index (χ1v) is 6.93. The summed E-state index contributed by atoms with van der Waals surface area (Å²) in [7, 11) is 0. The third kappa shape index (κ3) is 3.91. The predicted molar refractivity (Wildman–Crippen MR) is 72.1 cm³/mol. The Labute approximate surface area is 117 Å². The average Bonchev–Trinajstić information content (AvgIpc) is 3.07. The molecule has 1 fully saturated rings. The molecule has 2 N–H and O–H groups in total. The van der Waals surface area contributed by atoms with Crippen molar-refractivity contribution in [3.63, 3.8) is 0 Å². The Morgan fingerprint density at radius 1 is 1.50 bits per heavy atom. The summed E-state index contributed by atoms with van der Waals surface area (Å²) in [4.78, 5) is 25.6. The van der Waals surface area contributed by atoms with E-state index in [1.165, 1.54) is 12.3 Å². The Morgan fingerprint density at radius 2 is 2.35 bits per heavy atom. The number of amides is 2. The van der Waals surface area contributed by atoms with Gasteiger partial charge in [0.1, 0.15) is 0 Å². The molecule has 1 aliphatic heterocycles. The van der Waals surface area contributed by atoms with Crippen molar-refractivity contribution in [2.24, 2.45) is 0 Å². The zero-order valence-corrected chi connectivity index (χ0v) is 11.4. The normalized spacial score (nSPS) is 19.1. The molecule has 2 amide bonds. The lowest BCUT2D eigenvalue weighted by molar-refractivity contribution is -0.121. The minimum absolute atomic E-state index is 0.136. The van der Waals surface area contributed by atoms with Gasteiger partial charge in [0.15, 0.2) is 5.76 Å². The van der Waals surface area contributed by atoms with Gasteiger partial charge in [0.2, 0.25) is 5.91 Å². The molecule has 20 heavy (non-hydrogen) atoms. The number of rotatable bonds is 6. The highest BCUT2D eigenvalue weighted by atomic mass is 16.3. The summed E-state index contributed by atoms with van der Waals surface area (Å²) in [6, 6.07) is 3.44. The molecular weight excluding hydrogens is 260 g/mol. The molecule has 0 saturated carbocycles. The van der Waals surface area contributed by atoms with Crippen LogP contribution in [0.4, 0.5) is 0 Å². The van der Waals surface area contributed by atoms with Crippen LogP contribution in [0.2, 0.25) is 0 Å². The molecule has 1 aliphatic rings. The molecule has 0 bridgehead atoms. The van der Waals surface area contributed by atoms with E-state index in [9.17, 15) is 9.59 Å². The molecule has 6 nitrogen and oxygen atoms in total. The highest BCUT2D eigenvalue weighted by Gasteiger charge is 2.26. The van der Waals surface area contributed by atoms with Crippen LogP contribution in [-0.2, 0) is 4.79 Å². The lowest BCUT2D eigenvalue weighted by atomic mass is 10.1. The summed E-state index contributed by atoms with van der Waals surface area (Å²) in [6.45, 7) is 1.24. The number of aliphatic hydroxyl groups is 1. The number of hydrogen-bond acceptors (Lipinski definition) is 5. The first kappa shape index (κ1) is 14.7. The van der Waals surface area contributed by atoms with E-state index in [4.69, 9.17) is 9.52 Å². The molecule has 0 aliphatic carbocycles. The van der Waals surface area contributed by atoms with Gasteiger partial charge in [0.25, 0.3) is 5.91 Å². The lowest BCUT2D eigenvalue weighted by Gasteiger charge is -2.23. The second kappa shape index (κ2) is 7.21. The number of furan rings is 1. The number of imide groups is 1. The Bertz CT molecular complexity index is 444. The highest BCUT2D eigenvalue weighted by Crippen LogP contribution is 2.20. The fraction of sp³-hybridized carbons (Fsp3) is 0.571. The first-order valence-electron chi connectivity index (χ1n) is 6.93. The van der Waals surface area contributed by atoms with Crippen molar-refractivity contribution >= 4 is 11.8 Å². The van der Waals surface area contributed by atoms with Gasteiger partial charge < -0.3 is 9.52 Å². The molecule has 1 atom stereocenters. The SMILES string of the molecule is O=C(CN1CCCC1CCCO)NC(=O)c1ccco1. The van der Waals surface area contributed by atoms with Crippen molar-refractivity contribution < 1.29 is 19.1 Å². The molecule has 6 heteroatoms. The maximum Gasteiger partial charge on any atom is 0.293 e. The van der Waals surface area contributed by atoms with Crippen molar-refractivity contribution in [2.75, 3.05) is 19.7 Å². The summed E-state index contributed by atoms with van der Waals surface area (Å²) in [5.41, 5.74) is 0. The molecule has 1 unspecified atom stereocenters. The zero-order chi connectivity index (χ0) is 14.4. The second-order valence-electron chi connectivity index (χ2n) is 4.99. The van der Waals surface area contributed by atoms with Crippen LogP contribution in [0, 0.1) is 0 Å². The minimum Gasteiger partial charge on any atom is -0.459 e. The van der Waals surface area contributed by atoms with Crippen LogP contribution >= 0.6 is 0 Å². The van der Waals surface area contributed by atoms with Gasteiger partial charge in [0, 0.05) is 12.6 Å². The number of likely N-dealkylation sites (tertiary alicyclic amines) is 1. The van der Waals surface area contributed by atoms with Crippen LogP contribution < -0.4 is 5.32 Å². The number of carbonyl (C=O) groups excluding carboxylic acids is 2. The molecule has 1 aromatic heterocycles. The van der Waals surface area contributed by atoms with Gasteiger partial charge in [-0.25, -0.2) is 0 Å². The van der Waals surface area contributed by atoms with Crippen molar-refractivity contribution in [1.29, 1.82) is 0 Å². The van der Waals surface area contributed by atoms with Crippen LogP contribution in [0.5, 0.6) is 0 Å². The molecule has 2 rings (SSSR count). The first-order chi connectivity index (χ1) is 9.70. The summed E-state index contributed by atoms with van der Waals surface area (Å²) in [5, 5.41) is 11.2. The van der Waals surface area contributed by atoms with E-state index in [2.05, 4.69) is 10.2 Å². The Hall–Kier alpha value is -1.66. The number of nitrogens with zero attached hydrogens (tertiary/aromatic N) is 1. The van der Waals surface area contributed by atoms with Gasteiger partial charge in [-0.2, -0.15) is 0 Å². The summed E-state index contributed by atoms with van der Waals surface area (Å²) < 4.78 is 4.93. The fourth-order valence-corrected chi connectivity index (χ4v) is 2.58. The zero-order valence-electron chi connectivity index (χ0n) is 11.4. The van der Waals surface area contributed by atoms with Crippen molar-refractivity contribution in [1.82, 2.24) is 10.2 Å². The van der Waals surface area contributed by atoms with Gasteiger partial charge in [-0.3, -0.25) is 19.8 Å². The molecule has 110 valence electrons. The standard InChI is InChI=1S/C14H20N2O4/c17-8-2-5-11-4-1-7-16(11)10-13(18)15-14(19)12-6-3-9-20-12/h3,6,9,11,17H,1-2,4-5,7-8,10H2,(H,15,18,19). The monoisotopic (exact) mass is 280 g/mol. The van der Waals surface area contributed by atoms with E-state index in [0.717, 1.165) is 32.2 Å². The topological polar surface area (TPSA) is 82.8 Å². The van der Waals surface area contributed by atoms with Crippen molar-refractivity contribution in [3.8, 4) is 0 Å². The molecule has 1 saturated heterocycles. The largest absolute Gasteiger partial charge is 0.459 e. The average molecular weight is 280 g/mol. The summed E-state index contributed by atoms with van der Waals surface area (Å²) in [5.74, 6) is -0.690. The van der Waals surface area contributed by atoms with Crippen molar-refractivity contribution in [2.45, 2.75) is 31.7 Å². The molecule has 0 aromatic carbocycles. The van der Waals surface area contributed by atoms with Crippen LogP contribution in [-0.4, -0.2) is 47.6 Å². The van der Waals surface area contributed by atoms with Gasteiger partial charge in [-0.1, -0.05) is 0 Å². The molecular formula is C14H20N2O4. The van der Waals surface area contributed by atoms with E-state index < -0.39 is 5.91 Å². The molecule has 1 aromatic rings. The second-order valence-corrected chi connectivity index (χ2v) is 4.99. The Balaban J connectivity index is 1.80. The van der Waals surface area contributed by atoms with Crippen LogP contribution in [0.3, 0.4) is 0 Å². The van der Waals surface area contributed by atoms with E-state index in [0.29, 0.717) is 6.04 Å². The Morgan fingerprint density at radius 3 is 3.05 bits per heavy atom. The van der Waals surface area contributed by atoms with Gasteiger partial charge in [-0.05, 0) is 44.4 Å². The van der Waals surface area contributed by atoms with E-state index >= 15 is 0 Å². The van der Waals surface area contributed by atoms with Gasteiger partial charge >= 0.3 is 0 Å². The quantitative estimate of drug-likeness (QED) is 0.804. The van der Waals surface area contributed by atoms with Crippen LogP contribution in [0.15, 0.2) is 22.8 Å². The smallest absolute Gasteiger partial charge is 0.293 e. The third-order valence-corrected chi connectivity index (χ3v) is 3.54. The van der Waals surface area contributed by atoms with Crippen molar-refractivity contribution in [3.05, 3.63) is 24.2 Å². The number of hydrogen-bond donors (Lipinski definition) is 2. The summed E-state index contributed by atoms with van der Waals surface area (Å²) >= 11 is 0. The van der Waals surface area contributed by atoms with E-state index in [1.807, 2.05) is 0 Å². The number of carbonyl (C=O) groups is 2. The van der Waals surface area contributed by atoms with Crippen LogP contribution in [0.1, 0.15) is 36.2 Å². The van der Waals surface area contributed by atoms with E-state index in [1.54, 1.807) is 6.07 Å². The highest BCUT2D eigenvalue weighted by molar-refractivity contribution is 6.03. The molecule has 2 heterocycles. The van der Waals surface area contributed by atoms with Crippen LogP contribution in [0.25, 0.3) is 0 Å². The number of aliphatic hydroxyl groups excluding tert-OH is 1. The minimum atomic E-state index is -0.508. The maximum absolute atomic E-state index is 11.9. The van der Waals surface area contributed by atoms with Gasteiger partial charge in [-0.15, -0.1) is 0 Å². The number of nitrogens with one attached hydrogen (secondary N) is 1. The summed E-state index contributed by atoms with van der Waals surface area (Å²) in [6.07, 6.45) is 5.11. The maximum atomic E-state index is 11.9. The predicted octanol–water partition coefficient (Wildman–Crippen LogP) is 0.773. The third-order valence-electron chi connectivity index (χ3n) is 3.54. The van der Waals surface area contributed by atoms with E-state index in [-0.39, 0.29) is 24.8 Å². The Kier molecular flexibility index (Phi) is 5.31. The van der Waals surface area contributed by atoms with Gasteiger partial charge in [0.05, 0.1) is 12.8 Å². The lowest BCUT2D eigenvalue weighted by Crippen LogP contribution is -2.42. The fourth-order valence-electron chi connectivity index (χ4n) is 2.58. The molecule has 0 spiro atoms.